The van der Waals surface area contributed by atoms with Gasteiger partial charge in [-0.1, -0.05) is 12.1 Å². The maximum Gasteiger partial charge on any atom is 0.234 e. The van der Waals surface area contributed by atoms with Crippen molar-refractivity contribution < 1.29 is 4.79 Å². The Hall–Kier alpha value is -1.09. The molecule has 0 radical (unpaired) electrons. The Kier molecular flexibility index (Phi) is 5.98. The van der Waals surface area contributed by atoms with Crippen LogP contribution in [0.5, 0.6) is 0 Å². The average molecular weight is 342 g/mol. The molecule has 0 bridgehead atoms. The molecule has 0 unspecified atom stereocenters. The van der Waals surface area contributed by atoms with Crippen LogP contribution in [0.2, 0.25) is 0 Å². The molecule has 0 fully saturated rings. The molecule has 4 heteroatoms. The van der Waals surface area contributed by atoms with E-state index in [4.69, 9.17) is 5.26 Å². The van der Waals surface area contributed by atoms with Gasteiger partial charge < -0.3 is 5.32 Å². The number of hydrogen-bond donors (Lipinski definition) is 1. The van der Waals surface area contributed by atoms with Gasteiger partial charge in [-0.25, -0.2) is 0 Å². The summed E-state index contributed by atoms with van der Waals surface area (Å²) in [6.07, 6.45) is 1.76. The standard InChI is InChI=1S/C13H15IN2O/c1-10(16-13(17)8-9-15)2-3-11-4-6-12(14)7-5-11/h4-7,10H,2-3,8H2,1H3,(H,16,17)/t10-/m1/s1. The van der Waals surface area contributed by atoms with E-state index in [2.05, 4.69) is 52.2 Å². The van der Waals surface area contributed by atoms with Crippen LogP contribution in [-0.4, -0.2) is 11.9 Å². The smallest absolute Gasteiger partial charge is 0.234 e. The van der Waals surface area contributed by atoms with E-state index in [-0.39, 0.29) is 18.4 Å². The van der Waals surface area contributed by atoms with E-state index in [0.717, 1.165) is 12.8 Å². The summed E-state index contributed by atoms with van der Waals surface area (Å²) in [4.78, 5) is 11.2. The second-order valence-electron chi connectivity index (χ2n) is 3.97. The first-order valence-corrected chi connectivity index (χ1v) is 6.60. The summed E-state index contributed by atoms with van der Waals surface area (Å²) in [7, 11) is 0. The Morgan fingerprint density at radius 1 is 1.47 bits per heavy atom. The molecule has 90 valence electrons. The van der Waals surface area contributed by atoms with E-state index >= 15 is 0 Å². The van der Waals surface area contributed by atoms with Crippen LogP contribution in [0.3, 0.4) is 0 Å². The van der Waals surface area contributed by atoms with Crippen LogP contribution in [0, 0.1) is 14.9 Å². The van der Waals surface area contributed by atoms with Crippen LogP contribution in [0.15, 0.2) is 24.3 Å². The highest BCUT2D eigenvalue weighted by Gasteiger charge is 2.06. The summed E-state index contributed by atoms with van der Waals surface area (Å²) in [6.45, 7) is 1.96. The van der Waals surface area contributed by atoms with Crippen LogP contribution < -0.4 is 5.32 Å². The summed E-state index contributed by atoms with van der Waals surface area (Å²) >= 11 is 2.28. The van der Waals surface area contributed by atoms with E-state index in [9.17, 15) is 4.79 Å². The SMILES string of the molecule is C[C@H](CCc1ccc(I)cc1)NC(=O)CC#N. The molecule has 0 spiro atoms. The summed E-state index contributed by atoms with van der Waals surface area (Å²) < 4.78 is 1.22. The lowest BCUT2D eigenvalue weighted by Gasteiger charge is -2.12. The van der Waals surface area contributed by atoms with Crippen molar-refractivity contribution in [1.29, 1.82) is 5.26 Å². The molecule has 1 rings (SSSR count). The zero-order chi connectivity index (χ0) is 12.7. The van der Waals surface area contributed by atoms with Crippen LogP contribution in [0.25, 0.3) is 0 Å². The Bertz CT molecular complexity index is 408. The monoisotopic (exact) mass is 342 g/mol. The van der Waals surface area contributed by atoms with Crippen molar-refractivity contribution >= 4 is 28.5 Å². The van der Waals surface area contributed by atoms with Gasteiger partial charge >= 0.3 is 0 Å². The molecular weight excluding hydrogens is 327 g/mol. The zero-order valence-electron chi connectivity index (χ0n) is 9.74. The predicted octanol–water partition coefficient (Wildman–Crippen LogP) is 2.64. The topological polar surface area (TPSA) is 52.9 Å². The molecule has 0 heterocycles. The Labute approximate surface area is 115 Å². The quantitative estimate of drug-likeness (QED) is 0.837. The minimum atomic E-state index is -0.192. The highest BCUT2D eigenvalue weighted by Crippen LogP contribution is 2.09. The predicted molar refractivity (Wildman–Crippen MR) is 75.3 cm³/mol. The maximum atomic E-state index is 11.2. The van der Waals surface area contributed by atoms with Crippen LogP contribution in [0.4, 0.5) is 0 Å². The highest BCUT2D eigenvalue weighted by atomic mass is 127. The van der Waals surface area contributed by atoms with Crippen molar-refractivity contribution in [3.8, 4) is 6.07 Å². The lowest BCUT2D eigenvalue weighted by molar-refractivity contribution is -0.120. The number of rotatable bonds is 5. The van der Waals surface area contributed by atoms with Crippen molar-refractivity contribution in [1.82, 2.24) is 5.32 Å². The molecular formula is C13H15IN2O. The first-order chi connectivity index (χ1) is 8.11. The van der Waals surface area contributed by atoms with Gasteiger partial charge in [0.25, 0.3) is 0 Å². The summed E-state index contributed by atoms with van der Waals surface area (Å²) in [5, 5.41) is 11.2. The van der Waals surface area contributed by atoms with Gasteiger partial charge in [-0.2, -0.15) is 5.26 Å². The van der Waals surface area contributed by atoms with Crippen molar-refractivity contribution in [3.05, 3.63) is 33.4 Å². The second kappa shape index (κ2) is 7.28. The van der Waals surface area contributed by atoms with Gasteiger partial charge in [0.2, 0.25) is 5.91 Å². The largest absolute Gasteiger partial charge is 0.353 e. The fraction of sp³-hybridized carbons (Fsp3) is 0.385. The molecule has 0 aliphatic rings. The number of benzene rings is 1. The lowest BCUT2D eigenvalue weighted by Crippen LogP contribution is -2.32. The number of carbonyl (C=O) groups excluding carboxylic acids is 1. The van der Waals surface area contributed by atoms with E-state index in [1.54, 1.807) is 0 Å². The van der Waals surface area contributed by atoms with E-state index < -0.39 is 0 Å². The number of amides is 1. The van der Waals surface area contributed by atoms with Gasteiger partial charge in [0.1, 0.15) is 6.42 Å². The normalized spacial score (nSPS) is 11.6. The van der Waals surface area contributed by atoms with Crippen molar-refractivity contribution in [2.75, 3.05) is 0 Å². The molecule has 0 saturated carbocycles. The van der Waals surface area contributed by atoms with E-state index in [1.165, 1.54) is 9.13 Å². The fourth-order valence-electron chi connectivity index (χ4n) is 1.50. The first kappa shape index (κ1) is 14.0. The van der Waals surface area contributed by atoms with Gasteiger partial charge in [0.05, 0.1) is 6.07 Å². The third-order valence-electron chi connectivity index (χ3n) is 2.43. The van der Waals surface area contributed by atoms with E-state index in [1.807, 2.05) is 13.0 Å². The minimum absolute atomic E-state index is 0.0616. The molecule has 1 amide bonds. The summed E-state index contributed by atoms with van der Waals surface area (Å²) in [5.74, 6) is -0.192. The molecule has 3 nitrogen and oxygen atoms in total. The summed E-state index contributed by atoms with van der Waals surface area (Å²) in [6, 6.07) is 10.3. The lowest BCUT2D eigenvalue weighted by atomic mass is 10.1. The van der Waals surface area contributed by atoms with Crippen LogP contribution in [-0.2, 0) is 11.2 Å². The van der Waals surface area contributed by atoms with Crippen molar-refractivity contribution in [3.63, 3.8) is 0 Å². The molecule has 1 aromatic carbocycles. The third-order valence-corrected chi connectivity index (χ3v) is 3.15. The third kappa shape index (κ3) is 5.68. The number of aryl methyl sites for hydroxylation is 1. The number of nitrogens with one attached hydrogen (secondary N) is 1. The fourth-order valence-corrected chi connectivity index (χ4v) is 1.86. The Morgan fingerprint density at radius 3 is 2.71 bits per heavy atom. The van der Waals surface area contributed by atoms with Crippen LogP contribution in [0.1, 0.15) is 25.3 Å². The number of hydrogen-bond acceptors (Lipinski definition) is 2. The zero-order valence-corrected chi connectivity index (χ0v) is 11.9. The van der Waals surface area contributed by atoms with Crippen molar-refractivity contribution in [2.24, 2.45) is 0 Å². The van der Waals surface area contributed by atoms with Gasteiger partial charge in [0, 0.05) is 9.61 Å². The molecule has 1 N–H and O–H groups in total. The molecule has 1 aromatic rings. The average Bonchev–Trinajstić information content (AvgIpc) is 2.28. The molecule has 1 atom stereocenters. The summed E-state index contributed by atoms with van der Waals surface area (Å²) in [5.41, 5.74) is 1.27. The maximum absolute atomic E-state index is 11.2. The molecule has 0 aromatic heterocycles. The second-order valence-corrected chi connectivity index (χ2v) is 5.21. The Morgan fingerprint density at radius 2 is 2.12 bits per heavy atom. The van der Waals surface area contributed by atoms with Gasteiger partial charge in [0.15, 0.2) is 0 Å². The molecule has 0 aliphatic carbocycles. The highest BCUT2D eigenvalue weighted by molar-refractivity contribution is 14.1. The minimum Gasteiger partial charge on any atom is -0.353 e. The number of halogens is 1. The van der Waals surface area contributed by atoms with Gasteiger partial charge in [-0.3, -0.25) is 4.79 Å². The van der Waals surface area contributed by atoms with Gasteiger partial charge in [-0.15, -0.1) is 0 Å². The Balaban J connectivity index is 2.33. The molecule has 17 heavy (non-hydrogen) atoms. The van der Waals surface area contributed by atoms with Crippen molar-refractivity contribution in [2.45, 2.75) is 32.2 Å². The van der Waals surface area contributed by atoms with Crippen LogP contribution >= 0.6 is 22.6 Å². The molecule has 0 aliphatic heterocycles. The first-order valence-electron chi connectivity index (χ1n) is 5.52. The number of nitriles is 1. The van der Waals surface area contributed by atoms with E-state index in [0.29, 0.717) is 0 Å². The van der Waals surface area contributed by atoms with Gasteiger partial charge in [-0.05, 0) is 60.1 Å². The number of nitrogens with zero attached hydrogens (tertiary/aromatic N) is 1. The number of carbonyl (C=O) groups is 1. The molecule has 0 saturated heterocycles.